The maximum Gasteiger partial charge on any atom is 0.318 e. The lowest BCUT2D eigenvalue weighted by atomic mass is 9.87. The summed E-state index contributed by atoms with van der Waals surface area (Å²) in [6.07, 6.45) is 0. The van der Waals surface area contributed by atoms with Gasteiger partial charge in [0, 0.05) is 6.07 Å². The first-order chi connectivity index (χ1) is 10.7. The molecule has 120 valence electrons. The van der Waals surface area contributed by atoms with Crippen molar-refractivity contribution in [3.05, 3.63) is 68.3 Å². The fourth-order valence-electron chi connectivity index (χ4n) is 2.00. The van der Waals surface area contributed by atoms with Crippen molar-refractivity contribution in [2.45, 2.75) is 26.2 Å². The number of hydrogen-bond acceptors (Lipinski definition) is 5. The van der Waals surface area contributed by atoms with Gasteiger partial charge in [-0.05, 0) is 29.2 Å². The Morgan fingerprint density at radius 1 is 0.913 bits per heavy atom. The Labute approximate surface area is 132 Å². The highest BCUT2D eigenvalue weighted by atomic mass is 16.6. The van der Waals surface area contributed by atoms with Gasteiger partial charge in [-0.15, -0.1) is 0 Å². The zero-order chi connectivity index (χ0) is 17.2. The zero-order valence-electron chi connectivity index (χ0n) is 13.0. The van der Waals surface area contributed by atoms with Crippen molar-refractivity contribution in [2.24, 2.45) is 0 Å². The monoisotopic (exact) mass is 316 g/mol. The van der Waals surface area contributed by atoms with Gasteiger partial charge < -0.3 is 4.74 Å². The summed E-state index contributed by atoms with van der Waals surface area (Å²) < 4.78 is 5.51. The van der Waals surface area contributed by atoms with E-state index in [1.54, 1.807) is 12.1 Å². The summed E-state index contributed by atoms with van der Waals surface area (Å²) >= 11 is 0. The minimum Gasteiger partial charge on any atom is -0.450 e. The van der Waals surface area contributed by atoms with Crippen molar-refractivity contribution in [1.82, 2.24) is 0 Å². The van der Waals surface area contributed by atoms with Gasteiger partial charge >= 0.3 is 5.69 Å². The molecule has 7 nitrogen and oxygen atoms in total. The van der Waals surface area contributed by atoms with Crippen molar-refractivity contribution >= 4 is 11.4 Å². The summed E-state index contributed by atoms with van der Waals surface area (Å²) in [6.45, 7) is 6.22. The van der Waals surface area contributed by atoms with Crippen LogP contribution in [0, 0.1) is 20.2 Å². The minimum absolute atomic E-state index is 0.0160. The second-order valence-electron chi connectivity index (χ2n) is 6.04. The molecule has 0 heterocycles. The third-order valence-corrected chi connectivity index (χ3v) is 3.30. The molecule has 0 aliphatic rings. The Morgan fingerprint density at radius 3 is 2.00 bits per heavy atom. The standard InChI is InChI=1S/C16H16N2O5/c1-16(2,3)11-4-7-13(8-5-11)23-15-9-6-12(17(19)20)10-14(15)18(21)22/h4-10H,1-3H3. The summed E-state index contributed by atoms with van der Waals surface area (Å²) in [7, 11) is 0. The summed E-state index contributed by atoms with van der Waals surface area (Å²) in [5.41, 5.74) is 0.284. The van der Waals surface area contributed by atoms with Crippen molar-refractivity contribution in [3.63, 3.8) is 0 Å². The number of rotatable bonds is 4. The van der Waals surface area contributed by atoms with Crippen LogP contribution in [-0.2, 0) is 5.41 Å². The molecule has 2 aromatic carbocycles. The Bertz CT molecular complexity index is 748. The van der Waals surface area contributed by atoms with E-state index in [-0.39, 0.29) is 16.9 Å². The largest absolute Gasteiger partial charge is 0.450 e. The van der Waals surface area contributed by atoms with Gasteiger partial charge in [-0.25, -0.2) is 0 Å². The molecule has 2 rings (SSSR count). The van der Waals surface area contributed by atoms with E-state index in [9.17, 15) is 20.2 Å². The summed E-state index contributed by atoms with van der Waals surface area (Å²) in [4.78, 5) is 20.4. The topological polar surface area (TPSA) is 95.5 Å². The maximum atomic E-state index is 11.1. The maximum absolute atomic E-state index is 11.1. The third-order valence-electron chi connectivity index (χ3n) is 3.30. The average molecular weight is 316 g/mol. The molecule has 0 unspecified atom stereocenters. The first-order valence-corrected chi connectivity index (χ1v) is 6.90. The lowest BCUT2D eigenvalue weighted by molar-refractivity contribution is -0.394. The molecule has 7 heteroatoms. The lowest BCUT2D eigenvalue weighted by Crippen LogP contribution is -2.10. The number of nitro benzene ring substituents is 2. The summed E-state index contributed by atoms with van der Waals surface area (Å²) in [5, 5.41) is 21.8. The number of nitro groups is 2. The van der Waals surface area contributed by atoms with Crippen LogP contribution in [0.1, 0.15) is 26.3 Å². The molecule has 0 atom stereocenters. The Kier molecular flexibility index (Phi) is 4.31. The number of benzene rings is 2. The molecule has 0 bridgehead atoms. The second-order valence-corrected chi connectivity index (χ2v) is 6.04. The SMILES string of the molecule is CC(C)(C)c1ccc(Oc2ccc([N+](=O)[O-])cc2[N+](=O)[O-])cc1. The Balaban J connectivity index is 2.32. The molecule has 0 saturated heterocycles. The van der Waals surface area contributed by atoms with Gasteiger partial charge in [0.1, 0.15) is 5.75 Å². The highest BCUT2D eigenvalue weighted by molar-refractivity contribution is 5.54. The van der Waals surface area contributed by atoms with Crippen LogP contribution in [0.15, 0.2) is 42.5 Å². The molecule has 0 N–H and O–H groups in total. The van der Waals surface area contributed by atoms with Crippen molar-refractivity contribution in [2.75, 3.05) is 0 Å². The number of nitrogens with zero attached hydrogens (tertiary/aromatic N) is 2. The Morgan fingerprint density at radius 2 is 1.52 bits per heavy atom. The van der Waals surface area contributed by atoms with Crippen molar-refractivity contribution in [3.8, 4) is 11.5 Å². The van der Waals surface area contributed by atoms with E-state index in [0.29, 0.717) is 5.75 Å². The number of non-ortho nitro benzene ring substituents is 1. The first kappa shape index (κ1) is 16.4. The van der Waals surface area contributed by atoms with E-state index in [1.165, 1.54) is 12.1 Å². The van der Waals surface area contributed by atoms with Crippen LogP contribution < -0.4 is 4.74 Å². The van der Waals surface area contributed by atoms with Crippen LogP contribution in [0.25, 0.3) is 0 Å². The van der Waals surface area contributed by atoms with E-state index in [4.69, 9.17) is 4.74 Å². The third kappa shape index (κ3) is 3.82. The molecule has 0 saturated carbocycles. The molecule has 0 aliphatic carbocycles. The number of ether oxygens (including phenoxy) is 1. The van der Waals surface area contributed by atoms with Gasteiger partial charge in [0.05, 0.1) is 15.9 Å². The lowest BCUT2D eigenvalue weighted by Gasteiger charge is -2.19. The van der Waals surface area contributed by atoms with Crippen LogP contribution in [-0.4, -0.2) is 9.85 Å². The predicted octanol–water partition coefficient (Wildman–Crippen LogP) is 4.59. The van der Waals surface area contributed by atoms with Crippen molar-refractivity contribution < 1.29 is 14.6 Å². The molecule has 23 heavy (non-hydrogen) atoms. The van der Waals surface area contributed by atoms with Gasteiger partial charge in [-0.3, -0.25) is 20.2 Å². The van der Waals surface area contributed by atoms with Crippen LogP contribution in [0.4, 0.5) is 11.4 Å². The van der Waals surface area contributed by atoms with Crippen LogP contribution in [0.5, 0.6) is 11.5 Å². The Hall–Kier alpha value is -2.96. The summed E-state index contributed by atoms with van der Waals surface area (Å²) in [6, 6.07) is 10.5. The minimum atomic E-state index is -0.703. The molecule has 2 aromatic rings. The van der Waals surface area contributed by atoms with Crippen molar-refractivity contribution in [1.29, 1.82) is 0 Å². The molecule has 0 aliphatic heterocycles. The first-order valence-electron chi connectivity index (χ1n) is 6.90. The van der Waals surface area contributed by atoms with Crippen LogP contribution in [0.2, 0.25) is 0 Å². The van der Waals surface area contributed by atoms with E-state index in [2.05, 4.69) is 20.8 Å². The van der Waals surface area contributed by atoms with Gasteiger partial charge in [0.15, 0.2) is 0 Å². The fourth-order valence-corrected chi connectivity index (χ4v) is 2.00. The predicted molar refractivity (Wildman–Crippen MR) is 85.0 cm³/mol. The fraction of sp³-hybridized carbons (Fsp3) is 0.250. The quantitative estimate of drug-likeness (QED) is 0.607. The molecule has 0 radical (unpaired) electrons. The van der Waals surface area contributed by atoms with E-state index < -0.39 is 15.5 Å². The van der Waals surface area contributed by atoms with Crippen LogP contribution in [0.3, 0.4) is 0 Å². The normalized spacial score (nSPS) is 11.1. The molecular formula is C16H16N2O5. The van der Waals surface area contributed by atoms with Gasteiger partial charge in [0.25, 0.3) is 5.69 Å². The average Bonchev–Trinajstić information content (AvgIpc) is 2.46. The molecule has 0 aromatic heterocycles. The van der Waals surface area contributed by atoms with E-state index in [0.717, 1.165) is 11.6 Å². The summed E-state index contributed by atoms with van der Waals surface area (Å²) in [5.74, 6) is 0.388. The van der Waals surface area contributed by atoms with Gasteiger partial charge in [0.2, 0.25) is 5.75 Å². The van der Waals surface area contributed by atoms with Gasteiger partial charge in [-0.2, -0.15) is 0 Å². The van der Waals surface area contributed by atoms with Gasteiger partial charge in [-0.1, -0.05) is 32.9 Å². The molecule has 0 fully saturated rings. The highest BCUT2D eigenvalue weighted by Gasteiger charge is 2.21. The molecule has 0 spiro atoms. The second kappa shape index (κ2) is 6.04. The zero-order valence-corrected chi connectivity index (χ0v) is 13.0. The molecular weight excluding hydrogens is 300 g/mol. The van der Waals surface area contributed by atoms with E-state index >= 15 is 0 Å². The number of hydrogen-bond donors (Lipinski definition) is 0. The molecule has 0 amide bonds. The smallest absolute Gasteiger partial charge is 0.318 e. The highest BCUT2D eigenvalue weighted by Crippen LogP contribution is 2.35. The van der Waals surface area contributed by atoms with E-state index in [1.807, 2.05) is 12.1 Å². The van der Waals surface area contributed by atoms with Crippen LogP contribution >= 0.6 is 0 Å².